The van der Waals surface area contributed by atoms with E-state index >= 15 is 0 Å². The zero-order valence-corrected chi connectivity index (χ0v) is 11.1. The van der Waals surface area contributed by atoms with Crippen molar-refractivity contribution in [2.24, 2.45) is 0 Å². The molecular formula is C12H12BrFN2O. The van der Waals surface area contributed by atoms with Crippen LogP contribution in [-0.2, 0) is 0 Å². The van der Waals surface area contributed by atoms with E-state index in [0.717, 1.165) is 0 Å². The molecule has 5 heteroatoms. The summed E-state index contributed by atoms with van der Waals surface area (Å²) >= 11 is 3.01. The summed E-state index contributed by atoms with van der Waals surface area (Å²) < 4.78 is 13.3. The quantitative estimate of drug-likeness (QED) is 0.932. The molecule has 0 heterocycles. The lowest BCUT2D eigenvalue weighted by atomic mass is 10.0. The van der Waals surface area contributed by atoms with E-state index in [1.807, 2.05) is 6.07 Å². The number of benzene rings is 1. The van der Waals surface area contributed by atoms with E-state index in [-0.39, 0.29) is 10.0 Å². The third-order valence-corrected chi connectivity index (χ3v) is 3.35. The molecule has 0 saturated carbocycles. The van der Waals surface area contributed by atoms with Crippen molar-refractivity contribution < 1.29 is 9.18 Å². The first-order chi connectivity index (χ1) is 7.93. The van der Waals surface area contributed by atoms with Gasteiger partial charge in [-0.2, -0.15) is 5.26 Å². The molecular weight excluding hydrogens is 287 g/mol. The highest BCUT2D eigenvalue weighted by atomic mass is 79.9. The number of hydrogen-bond donors (Lipinski definition) is 1. The fraction of sp³-hybridized carbons (Fsp3) is 0.333. The summed E-state index contributed by atoms with van der Waals surface area (Å²) in [5.41, 5.74) is -0.761. The Kier molecular flexibility index (Phi) is 4.24. The van der Waals surface area contributed by atoms with Crippen LogP contribution in [0.2, 0.25) is 0 Å². The van der Waals surface area contributed by atoms with Crippen molar-refractivity contribution in [3.05, 3.63) is 34.1 Å². The van der Waals surface area contributed by atoms with E-state index in [4.69, 9.17) is 5.26 Å². The first-order valence-electron chi connectivity index (χ1n) is 5.11. The SMILES string of the molecule is CCC(C)(C#N)NC(=O)c1cccc(F)c1Br. The van der Waals surface area contributed by atoms with Crippen LogP contribution in [0.4, 0.5) is 4.39 Å². The zero-order chi connectivity index (χ0) is 13.1. The van der Waals surface area contributed by atoms with Crippen LogP contribution < -0.4 is 5.32 Å². The van der Waals surface area contributed by atoms with Gasteiger partial charge in [0.05, 0.1) is 16.1 Å². The van der Waals surface area contributed by atoms with Gasteiger partial charge in [-0.1, -0.05) is 13.0 Å². The second-order valence-electron chi connectivity index (χ2n) is 3.85. The minimum Gasteiger partial charge on any atom is -0.334 e. The molecule has 0 aromatic heterocycles. The number of nitrogens with zero attached hydrogens (tertiary/aromatic N) is 1. The molecule has 0 aliphatic carbocycles. The predicted octanol–water partition coefficient (Wildman–Crippen LogP) is 3.01. The maximum Gasteiger partial charge on any atom is 0.253 e. The molecule has 1 unspecified atom stereocenters. The number of nitriles is 1. The Balaban J connectivity index is 2.99. The molecule has 17 heavy (non-hydrogen) atoms. The third-order valence-electron chi connectivity index (χ3n) is 2.54. The molecule has 1 rings (SSSR count). The van der Waals surface area contributed by atoms with E-state index in [1.165, 1.54) is 18.2 Å². The summed E-state index contributed by atoms with van der Waals surface area (Å²) in [7, 11) is 0. The Morgan fingerprint density at radius 2 is 2.29 bits per heavy atom. The summed E-state index contributed by atoms with van der Waals surface area (Å²) in [6.07, 6.45) is 0.474. The molecule has 1 N–H and O–H groups in total. The standard InChI is InChI=1S/C12H12BrFN2O/c1-3-12(2,7-15)16-11(17)8-5-4-6-9(14)10(8)13/h4-6H,3H2,1-2H3,(H,16,17). The number of carbonyl (C=O) groups excluding carboxylic acids is 1. The molecule has 1 atom stereocenters. The van der Waals surface area contributed by atoms with E-state index < -0.39 is 17.3 Å². The highest BCUT2D eigenvalue weighted by molar-refractivity contribution is 9.10. The molecule has 3 nitrogen and oxygen atoms in total. The van der Waals surface area contributed by atoms with Crippen LogP contribution >= 0.6 is 15.9 Å². The lowest BCUT2D eigenvalue weighted by Gasteiger charge is -2.21. The van der Waals surface area contributed by atoms with Gasteiger partial charge in [0.25, 0.3) is 5.91 Å². The first kappa shape index (κ1) is 13.7. The van der Waals surface area contributed by atoms with Gasteiger partial charge < -0.3 is 5.32 Å². The molecule has 0 aliphatic rings. The van der Waals surface area contributed by atoms with Crippen LogP contribution in [-0.4, -0.2) is 11.4 Å². The van der Waals surface area contributed by atoms with Crippen LogP contribution in [0.3, 0.4) is 0 Å². The van der Waals surface area contributed by atoms with Crippen molar-refractivity contribution in [2.45, 2.75) is 25.8 Å². The monoisotopic (exact) mass is 298 g/mol. The number of carbonyl (C=O) groups is 1. The van der Waals surface area contributed by atoms with Crippen molar-refractivity contribution in [1.82, 2.24) is 5.32 Å². The summed E-state index contributed by atoms with van der Waals surface area (Å²) in [6.45, 7) is 3.42. The minimum atomic E-state index is -0.942. The fourth-order valence-electron chi connectivity index (χ4n) is 1.19. The highest BCUT2D eigenvalue weighted by Gasteiger charge is 2.25. The Morgan fingerprint density at radius 3 is 2.82 bits per heavy atom. The van der Waals surface area contributed by atoms with Gasteiger partial charge in [0.1, 0.15) is 11.4 Å². The average Bonchev–Trinajstić information content (AvgIpc) is 2.32. The maximum absolute atomic E-state index is 13.2. The van der Waals surface area contributed by atoms with Gasteiger partial charge in [-0.3, -0.25) is 4.79 Å². The van der Waals surface area contributed by atoms with E-state index in [1.54, 1.807) is 13.8 Å². The van der Waals surface area contributed by atoms with Crippen LogP contribution in [0.15, 0.2) is 22.7 Å². The van der Waals surface area contributed by atoms with E-state index in [9.17, 15) is 9.18 Å². The number of amides is 1. The van der Waals surface area contributed by atoms with Gasteiger partial charge >= 0.3 is 0 Å². The molecule has 90 valence electrons. The summed E-state index contributed by atoms with van der Waals surface area (Å²) in [4.78, 5) is 11.9. The van der Waals surface area contributed by atoms with Crippen molar-refractivity contribution in [1.29, 1.82) is 5.26 Å². The molecule has 1 amide bonds. The first-order valence-corrected chi connectivity index (χ1v) is 5.90. The molecule has 0 aliphatic heterocycles. The summed E-state index contributed by atoms with van der Waals surface area (Å²) in [6, 6.07) is 6.22. The molecule has 1 aromatic carbocycles. The van der Waals surface area contributed by atoms with Gasteiger partial charge in [0.15, 0.2) is 0 Å². The summed E-state index contributed by atoms with van der Waals surface area (Å²) in [5, 5.41) is 11.5. The Labute approximate surface area is 108 Å². The van der Waals surface area contributed by atoms with Crippen LogP contribution in [0.5, 0.6) is 0 Å². The second-order valence-corrected chi connectivity index (χ2v) is 4.65. The van der Waals surface area contributed by atoms with Gasteiger partial charge in [-0.25, -0.2) is 4.39 Å². The zero-order valence-electron chi connectivity index (χ0n) is 9.55. The Morgan fingerprint density at radius 1 is 1.65 bits per heavy atom. The molecule has 0 spiro atoms. The van der Waals surface area contributed by atoms with Crippen molar-refractivity contribution >= 4 is 21.8 Å². The molecule has 0 radical (unpaired) electrons. The number of nitrogens with one attached hydrogen (secondary N) is 1. The van der Waals surface area contributed by atoms with Crippen molar-refractivity contribution in [2.75, 3.05) is 0 Å². The van der Waals surface area contributed by atoms with Crippen molar-refractivity contribution in [3.8, 4) is 6.07 Å². The van der Waals surface area contributed by atoms with Crippen molar-refractivity contribution in [3.63, 3.8) is 0 Å². The minimum absolute atomic E-state index is 0.105. The average molecular weight is 299 g/mol. The molecule has 0 saturated heterocycles. The third kappa shape index (κ3) is 3.04. The molecule has 1 aromatic rings. The normalized spacial score (nSPS) is 13.6. The molecule has 0 fully saturated rings. The van der Waals surface area contributed by atoms with Gasteiger partial charge in [-0.05, 0) is 41.4 Å². The predicted molar refractivity (Wildman–Crippen MR) is 65.9 cm³/mol. The Hall–Kier alpha value is -1.41. The van der Waals surface area contributed by atoms with Crippen LogP contribution in [0.1, 0.15) is 30.6 Å². The van der Waals surface area contributed by atoms with E-state index in [0.29, 0.717) is 6.42 Å². The van der Waals surface area contributed by atoms with Gasteiger partial charge in [-0.15, -0.1) is 0 Å². The van der Waals surface area contributed by atoms with Gasteiger partial charge in [0.2, 0.25) is 0 Å². The largest absolute Gasteiger partial charge is 0.334 e. The lowest BCUT2D eigenvalue weighted by molar-refractivity contribution is 0.0921. The second kappa shape index (κ2) is 5.28. The lowest BCUT2D eigenvalue weighted by Crippen LogP contribution is -2.44. The smallest absolute Gasteiger partial charge is 0.253 e. The van der Waals surface area contributed by atoms with Crippen LogP contribution in [0, 0.1) is 17.1 Å². The van der Waals surface area contributed by atoms with Gasteiger partial charge in [0, 0.05) is 0 Å². The van der Waals surface area contributed by atoms with E-state index in [2.05, 4.69) is 21.2 Å². The highest BCUT2D eigenvalue weighted by Crippen LogP contribution is 2.21. The number of rotatable bonds is 3. The fourth-order valence-corrected chi connectivity index (χ4v) is 1.64. The summed E-state index contributed by atoms with van der Waals surface area (Å²) in [5.74, 6) is -0.977. The Bertz CT molecular complexity index is 484. The molecule has 0 bridgehead atoms. The maximum atomic E-state index is 13.2. The topological polar surface area (TPSA) is 52.9 Å². The number of hydrogen-bond acceptors (Lipinski definition) is 2. The van der Waals surface area contributed by atoms with Crippen LogP contribution in [0.25, 0.3) is 0 Å². The number of halogens is 2.